The number of fused-ring (bicyclic) bond motifs is 2. The fourth-order valence-electron chi connectivity index (χ4n) is 3.15. The number of esters is 1. The van der Waals surface area contributed by atoms with Gasteiger partial charge in [-0.1, -0.05) is 11.6 Å². The van der Waals surface area contributed by atoms with Crippen LogP contribution in [-0.4, -0.2) is 32.3 Å². The Hall–Kier alpha value is -2.71. The van der Waals surface area contributed by atoms with Crippen LogP contribution < -0.4 is 9.47 Å². The lowest BCUT2D eigenvalue weighted by Crippen LogP contribution is -2.16. The van der Waals surface area contributed by atoms with E-state index in [0.717, 1.165) is 0 Å². The van der Waals surface area contributed by atoms with Crippen LogP contribution in [0.3, 0.4) is 0 Å². The van der Waals surface area contributed by atoms with Crippen molar-refractivity contribution in [2.75, 3.05) is 13.9 Å². The number of ether oxygens (including phenoxy) is 3. The van der Waals surface area contributed by atoms with Gasteiger partial charge in [0.15, 0.2) is 11.5 Å². The molecule has 0 unspecified atom stereocenters. The number of halogens is 1. The van der Waals surface area contributed by atoms with Crippen molar-refractivity contribution in [3.05, 3.63) is 53.2 Å². The molecule has 1 aliphatic heterocycles. The Labute approximate surface area is 166 Å². The first-order valence-corrected chi connectivity index (χ1v) is 10.2. The van der Waals surface area contributed by atoms with Crippen LogP contribution in [0, 0.1) is 0 Å². The van der Waals surface area contributed by atoms with Gasteiger partial charge in [0.2, 0.25) is 6.79 Å². The highest BCUT2D eigenvalue weighted by Crippen LogP contribution is 2.36. The molecule has 0 bridgehead atoms. The molecule has 2 aromatic carbocycles. The first-order valence-electron chi connectivity index (χ1n) is 8.42. The van der Waals surface area contributed by atoms with E-state index < -0.39 is 16.0 Å². The Morgan fingerprint density at radius 1 is 1.14 bits per heavy atom. The molecular weight excluding hydrogens is 406 g/mol. The molecular formula is C19H16ClNO6S. The molecule has 0 radical (unpaired) electrons. The summed E-state index contributed by atoms with van der Waals surface area (Å²) >= 11 is 6.06. The second-order valence-corrected chi connectivity index (χ2v) is 8.42. The number of nitrogens with zero attached hydrogens (tertiary/aromatic N) is 1. The summed E-state index contributed by atoms with van der Waals surface area (Å²) in [6, 6.07) is 11.1. The van der Waals surface area contributed by atoms with E-state index >= 15 is 0 Å². The van der Waals surface area contributed by atoms with Crippen LogP contribution in [0.25, 0.3) is 10.9 Å². The number of benzene rings is 2. The van der Waals surface area contributed by atoms with Gasteiger partial charge in [0.25, 0.3) is 10.0 Å². The van der Waals surface area contributed by atoms with Crippen molar-refractivity contribution in [2.24, 2.45) is 0 Å². The number of methoxy groups -OCH3 is 1. The summed E-state index contributed by atoms with van der Waals surface area (Å²) in [6.07, 6.45) is 0.250. The number of aryl methyl sites for hydroxylation is 1. The topological polar surface area (TPSA) is 83.8 Å². The number of aromatic nitrogens is 1. The minimum absolute atomic E-state index is 0.0498. The molecule has 0 saturated heterocycles. The number of rotatable bonds is 5. The summed E-state index contributed by atoms with van der Waals surface area (Å²) in [6.45, 7) is 0.0498. The Balaban J connectivity index is 1.86. The number of hydrogen-bond acceptors (Lipinski definition) is 6. The van der Waals surface area contributed by atoms with E-state index in [2.05, 4.69) is 4.74 Å². The summed E-state index contributed by atoms with van der Waals surface area (Å²) in [4.78, 5) is 11.6. The van der Waals surface area contributed by atoms with Crippen LogP contribution in [0.1, 0.15) is 12.1 Å². The quantitative estimate of drug-likeness (QED) is 0.587. The summed E-state index contributed by atoms with van der Waals surface area (Å²) in [7, 11) is -2.66. The van der Waals surface area contributed by atoms with E-state index in [1.807, 2.05) is 0 Å². The Morgan fingerprint density at radius 2 is 1.93 bits per heavy atom. The maximum absolute atomic E-state index is 13.4. The van der Waals surface area contributed by atoms with Gasteiger partial charge in [-0.2, -0.15) is 0 Å². The summed E-state index contributed by atoms with van der Waals surface area (Å²) in [5, 5.41) is 1.15. The molecule has 4 rings (SSSR count). The average molecular weight is 422 g/mol. The lowest BCUT2D eigenvalue weighted by molar-refractivity contribution is -0.140. The first kappa shape index (κ1) is 18.6. The minimum atomic E-state index is -3.96. The van der Waals surface area contributed by atoms with Crippen LogP contribution in [0.15, 0.2) is 47.4 Å². The summed E-state index contributed by atoms with van der Waals surface area (Å²) in [5.41, 5.74) is 0.933. The van der Waals surface area contributed by atoms with Crippen LogP contribution in [0.5, 0.6) is 11.5 Å². The van der Waals surface area contributed by atoms with E-state index in [4.69, 9.17) is 21.1 Å². The molecule has 0 amide bonds. The molecule has 7 nitrogen and oxygen atoms in total. The third kappa shape index (κ3) is 3.18. The molecule has 0 aliphatic carbocycles. The average Bonchev–Trinajstić information content (AvgIpc) is 3.29. The van der Waals surface area contributed by atoms with Crippen molar-refractivity contribution in [1.82, 2.24) is 3.97 Å². The van der Waals surface area contributed by atoms with E-state index in [-0.39, 0.29) is 24.5 Å². The van der Waals surface area contributed by atoms with Crippen molar-refractivity contribution in [3.8, 4) is 11.5 Å². The standard InChI is InChI=1S/C19H16ClNO6S/c1-25-19(22)7-3-14-9-12-8-13(20)2-5-16(12)21(14)28(23,24)15-4-6-17-18(10-15)27-11-26-17/h2,4-6,8-10H,3,7,11H2,1H3. The molecule has 9 heteroatoms. The molecule has 0 spiro atoms. The third-order valence-electron chi connectivity index (χ3n) is 4.49. The second-order valence-electron chi connectivity index (χ2n) is 6.20. The van der Waals surface area contributed by atoms with Crippen molar-refractivity contribution in [1.29, 1.82) is 0 Å². The molecule has 146 valence electrons. The van der Waals surface area contributed by atoms with Gasteiger partial charge in [-0.05, 0) is 42.8 Å². The maximum atomic E-state index is 13.4. The van der Waals surface area contributed by atoms with Crippen molar-refractivity contribution < 1.29 is 27.4 Å². The van der Waals surface area contributed by atoms with E-state index in [1.165, 1.54) is 23.2 Å². The van der Waals surface area contributed by atoms with Crippen LogP contribution in [0.2, 0.25) is 5.02 Å². The maximum Gasteiger partial charge on any atom is 0.305 e. The molecule has 0 N–H and O–H groups in total. The molecule has 0 fully saturated rings. The van der Waals surface area contributed by atoms with Gasteiger partial charge in [-0.3, -0.25) is 4.79 Å². The molecule has 0 saturated carbocycles. The monoisotopic (exact) mass is 421 g/mol. The second kappa shape index (κ2) is 7.03. The Kier molecular flexibility index (Phi) is 4.68. The predicted molar refractivity (Wildman–Crippen MR) is 102 cm³/mol. The van der Waals surface area contributed by atoms with Gasteiger partial charge in [-0.15, -0.1) is 0 Å². The lowest BCUT2D eigenvalue weighted by Gasteiger charge is -2.12. The normalized spacial score (nSPS) is 13.1. The SMILES string of the molecule is COC(=O)CCc1cc2cc(Cl)ccc2n1S(=O)(=O)c1ccc2c(c1)OCO2. The van der Waals surface area contributed by atoms with Gasteiger partial charge >= 0.3 is 5.97 Å². The van der Waals surface area contributed by atoms with E-state index in [9.17, 15) is 13.2 Å². The Morgan fingerprint density at radius 3 is 2.71 bits per heavy atom. The third-order valence-corrected chi connectivity index (χ3v) is 6.48. The summed E-state index contributed by atoms with van der Waals surface area (Å²) in [5.74, 6) is 0.445. The van der Waals surface area contributed by atoms with Gasteiger partial charge in [0.1, 0.15) is 0 Å². The van der Waals surface area contributed by atoms with Crippen molar-refractivity contribution in [3.63, 3.8) is 0 Å². The van der Waals surface area contributed by atoms with Crippen LogP contribution in [0.4, 0.5) is 0 Å². The summed E-state index contributed by atoms with van der Waals surface area (Å²) < 4.78 is 43.4. The highest BCUT2D eigenvalue weighted by molar-refractivity contribution is 7.90. The number of hydrogen-bond donors (Lipinski definition) is 0. The smallest absolute Gasteiger partial charge is 0.305 e. The predicted octanol–water partition coefficient (Wildman–Crippen LogP) is 3.37. The van der Waals surface area contributed by atoms with Crippen molar-refractivity contribution in [2.45, 2.75) is 17.7 Å². The molecule has 1 aliphatic rings. The van der Waals surface area contributed by atoms with Gasteiger partial charge in [-0.25, -0.2) is 12.4 Å². The van der Waals surface area contributed by atoms with Gasteiger partial charge in [0, 0.05) is 22.2 Å². The van der Waals surface area contributed by atoms with Crippen LogP contribution in [-0.2, 0) is 26.0 Å². The van der Waals surface area contributed by atoms with Gasteiger partial charge in [0.05, 0.1) is 23.9 Å². The molecule has 0 atom stereocenters. The highest BCUT2D eigenvalue weighted by atomic mass is 35.5. The van der Waals surface area contributed by atoms with Crippen LogP contribution >= 0.6 is 11.6 Å². The fraction of sp³-hybridized carbons (Fsp3) is 0.211. The molecule has 1 aromatic heterocycles. The lowest BCUT2D eigenvalue weighted by atomic mass is 10.2. The van der Waals surface area contributed by atoms with Crippen molar-refractivity contribution >= 4 is 38.5 Å². The zero-order valence-corrected chi connectivity index (χ0v) is 16.4. The van der Waals surface area contributed by atoms with E-state index in [1.54, 1.807) is 30.3 Å². The minimum Gasteiger partial charge on any atom is -0.469 e. The largest absolute Gasteiger partial charge is 0.469 e. The first-order chi connectivity index (χ1) is 13.4. The van der Waals surface area contributed by atoms with Gasteiger partial charge < -0.3 is 14.2 Å². The van der Waals surface area contributed by atoms with E-state index in [0.29, 0.717) is 33.1 Å². The molecule has 3 aromatic rings. The fourth-order valence-corrected chi connectivity index (χ4v) is 4.92. The molecule has 2 heterocycles. The zero-order chi connectivity index (χ0) is 19.9. The number of carbonyl (C=O) groups excluding carboxylic acids is 1. The number of carbonyl (C=O) groups is 1. The molecule has 28 heavy (non-hydrogen) atoms. The Bertz CT molecular complexity index is 1180. The zero-order valence-electron chi connectivity index (χ0n) is 14.8. The highest BCUT2D eigenvalue weighted by Gasteiger charge is 2.26.